The molecule has 0 atom stereocenters. The van der Waals surface area contributed by atoms with E-state index in [0.717, 1.165) is 22.3 Å². The second kappa shape index (κ2) is 10.5. The van der Waals surface area contributed by atoms with Gasteiger partial charge in [0.15, 0.2) is 0 Å². The average molecular weight is 455 g/mol. The second-order valence-corrected chi connectivity index (χ2v) is 7.53. The molecule has 172 valence electrons. The van der Waals surface area contributed by atoms with Crippen molar-refractivity contribution in [1.82, 2.24) is 0 Å². The maximum absolute atomic E-state index is 12.8. The van der Waals surface area contributed by atoms with Crippen LogP contribution < -0.4 is 20.1 Å². The predicted molar refractivity (Wildman–Crippen MR) is 135 cm³/mol. The summed E-state index contributed by atoms with van der Waals surface area (Å²) in [5.41, 5.74) is 2.38. The van der Waals surface area contributed by atoms with E-state index in [4.69, 9.17) is 9.47 Å². The summed E-state index contributed by atoms with van der Waals surface area (Å²) in [6, 6.07) is 25.2. The number of fused-ring (bicyclic) bond motifs is 1. The van der Waals surface area contributed by atoms with Crippen LogP contribution >= 0.6 is 0 Å². The molecular weight excluding hydrogens is 428 g/mol. The van der Waals surface area contributed by atoms with Crippen LogP contribution in [0.2, 0.25) is 0 Å². The molecule has 4 aromatic rings. The quantitative estimate of drug-likeness (QED) is 0.335. The van der Waals surface area contributed by atoms with Crippen LogP contribution in [0.5, 0.6) is 11.5 Å². The maximum atomic E-state index is 12.8. The Morgan fingerprint density at radius 2 is 0.971 bits per heavy atom. The smallest absolute Gasteiger partial charge is 0.255 e. The SMILES string of the molecule is CCOc1ccc(C(=O)Nc2cccc3c(NC(=O)c4ccc(OCC)cc4)cccc23)cc1. The number of carbonyl (C=O) groups excluding carboxylic acids is 2. The molecule has 0 aliphatic heterocycles. The van der Waals surface area contributed by atoms with Crippen LogP contribution in [0, 0.1) is 0 Å². The molecule has 0 saturated heterocycles. The van der Waals surface area contributed by atoms with Gasteiger partial charge in [-0.2, -0.15) is 0 Å². The van der Waals surface area contributed by atoms with E-state index < -0.39 is 0 Å². The van der Waals surface area contributed by atoms with Crippen molar-refractivity contribution in [2.75, 3.05) is 23.8 Å². The van der Waals surface area contributed by atoms with Crippen LogP contribution in [-0.2, 0) is 0 Å². The van der Waals surface area contributed by atoms with Crippen LogP contribution in [0.4, 0.5) is 11.4 Å². The largest absolute Gasteiger partial charge is 0.494 e. The molecule has 0 unspecified atom stereocenters. The van der Waals surface area contributed by atoms with Gasteiger partial charge < -0.3 is 20.1 Å². The molecule has 34 heavy (non-hydrogen) atoms. The van der Waals surface area contributed by atoms with E-state index in [1.165, 1.54) is 0 Å². The van der Waals surface area contributed by atoms with Crippen molar-refractivity contribution in [3.8, 4) is 11.5 Å². The zero-order valence-corrected chi connectivity index (χ0v) is 19.1. The summed E-state index contributed by atoms with van der Waals surface area (Å²) in [4.78, 5) is 25.6. The fourth-order valence-electron chi connectivity index (χ4n) is 3.66. The second-order valence-electron chi connectivity index (χ2n) is 7.53. The van der Waals surface area contributed by atoms with E-state index in [0.29, 0.717) is 35.7 Å². The number of nitrogens with one attached hydrogen (secondary N) is 2. The Balaban J connectivity index is 1.54. The highest BCUT2D eigenvalue weighted by molar-refractivity contribution is 6.14. The predicted octanol–water partition coefficient (Wildman–Crippen LogP) is 6.14. The van der Waals surface area contributed by atoms with Crippen molar-refractivity contribution in [1.29, 1.82) is 0 Å². The van der Waals surface area contributed by atoms with Gasteiger partial charge in [-0.05, 0) is 74.5 Å². The van der Waals surface area contributed by atoms with E-state index in [2.05, 4.69) is 10.6 Å². The summed E-state index contributed by atoms with van der Waals surface area (Å²) in [7, 11) is 0. The number of carbonyl (C=O) groups is 2. The lowest BCUT2D eigenvalue weighted by atomic mass is 10.1. The minimum Gasteiger partial charge on any atom is -0.494 e. The Morgan fingerprint density at radius 1 is 0.588 bits per heavy atom. The molecule has 2 N–H and O–H groups in total. The zero-order chi connectivity index (χ0) is 23.9. The Morgan fingerprint density at radius 3 is 1.32 bits per heavy atom. The molecule has 0 spiro atoms. The molecule has 4 aromatic carbocycles. The molecule has 0 aliphatic carbocycles. The monoisotopic (exact) mass is 454 g/mol. The molecular formula is C28H26N2O4. The van der Waals surface area contributed by atoms with Gasteiger partial charge in [0.25, 0.3) is 11.8 Å². The standard InChI is InChI=1S/C28H26N2O4/c1-3-33-21-15-11-19(12-16-21)27(31)29-25-9-5-8-24-23(25)7-6-10-26(24)30-28(32)20-13-17-22(18-14-20)34-4-2/h5-18H,3-4H2,1-2H3,(H,29,31)(H,30,32). The van der Waals surface area contributed by atoms with Crippen molar-refractivity contribution in [3.63, 3.8) is 0 Å². The van der Waals surface area contributed by atoms with Gasteiger partial charge in [0.1, 0.15) is 11.5 Å². The lowest BCUT2D eigenvalue weighted by Crippen LogP contribution is -2.13. The molecule has 4 rings (SSSR count). The zero-order valence-electron chi connectivity index (χ0n) is 19.1. The Kier molecular flexibility index (Phi) is 7.08. The molecule has 0 fully saturated rings. The minimum atomic E-state index is -0.223. The van der Waals surface area contributed by atoms with Gasteiger partial charge in [-0.3, -0.25) is 9.59 Å². The van der Waals surface area contributed by atoms with Gasteiger partial charge >= 0.3 is 0 Å². The first-order valence-corrected chi connectivity index (χ1v) is 11.2. The van der Waals surface area contributed by atoms with Crippen LogP contribution in [0.25, 0.3) is 10.8 Å². The van der Waals surface area contributed by atoms with E-state index in [9.17, 15) is 9.59 Å². The molecule has 0 aliphatic rings. The van der Waals surface area contributed by atoms with Gasteiger partial charge in [-0.1, -0.05) is 24.3 Å². The van der Waals surface area contributed by atoms with Crippen molar-refractivity contribution < 1.29 is 19.1 Å². The van der Waals surface area contributed by atoms with Crippen molar-refractivity contribution in [3.05, 3.63) is 96.1 Å². The van der Waals surface area contributed by atoms with E-state index >= 15 is 0 Å². The first kappa shape index (κ1) is 22.9. The minimum absolute atomic E-state index is 0.223. The first-order valence-electron chi connectivity index (χ1n) is 11.2. The molecule has 0 bridgehead atoms. The van der Waals surface area contributed by atoms with Crippen LogP contribution in [0.1, 0.15) is 34.6 Å². The van der Waals surface area contributed by atoms with E-state index in [1.54, 1.807) is 48.5 Å². The number of benzene rings is 4. The normalized spacial score (nSPS) is 10.5. The fourth-order valence-corrected chi connectivity index (χ4v) is 3.66. The Labute approximate surface area is 198 Å². The topological polar surface area (TPSA) is 76.7 Å². The van der Waals surface area contributed by atoms with Gasteiger partial charge in [-0.15, -0.1) is 0 Å². The number of rotatable bonds is 8. The molecule has 0 radical (unpaired) electrons. The summed E-state index contributed by atoms with van der Waals surface area (Å²) in [5.74, 6) is 0.994. The van der Waals surface area contributed by atoms with Gasteiger partial charge in [0.05, 0.1) is 13.2 Å². The van der Waals surface area contributed by atoms with E-state index in [1.807, 2.05) is 50.2 Å². The third kappa shape index (κ3) is 5.18. The number of hydrogen-bond donors (Lipinski definition) is 2. The highest BCUT2D eigenvalue weighted by atomic mass is 16.5. The lowest BCUT2D eigenvalue weighted by molar-refractivity contribution is 0.101. The Hall–Kier alpha value is -4.32. The van der Waals surface area contributed by atoms with Gasteiger partial charge in [0.2, 0.25) is 0 Å². The van der Waals surface area contributed by atoms with E-state index in [-0.39, 0.29) is 11.8 Å². The van der Waals surface area contributed by atoms with Crippen molar-refractivity contribution >= 4 is 34.0 Å². The molecule has 6 heteroatoms. The molecule has 2 amide bonds. The summed E-state index contributed by atoms with van der Waals surface area (Å²) in [5, 5.41) is 7.60. The van der Waals surface area contributed by atoms with Crippen LogP contribution in [-0.4, -0.2) is 25.0 Å². The summed E-state index contributed by atoms with van der Waals surface area (Å²) >= 11 is 0. The molecule has 0 heterocycles. The highest BCUT2D eigenvalue weighted by Crippen LogP contribution is 2.30. The third-order valence-corrected chi connectivity index (χ3v) is 5.27. The maximum Gasteiger partial charge on any atom is 0.255 e. The van der Waals surface area contributed by atoms with Crippen molar-refractivity contribution in [2.45, 2.75) is 13.8 Å². The van der Waals surface area contributed by atoms with Gasteiger partial charge in [-0.25, -0.2) is 0 Å². The number of amides is 2. The summed E-state index contributed by atoms with van der Waals surface area (Å²) in [6.45, 7) is 4.96. The van der Waals surface area contributed by atoms with Crippen molar-refractivity contribution in [2.24, 2.45) is 0 Å². The number of hydrogen-bond acceptors (Lipinski definition) is 4. The number of anilines is 2. The van der Waals surface area contributed by atoms with Crippen LogP contribution in [0.15, 0.2) is 84.9 Å². The fraction of sp³-hybridized carbons (Fsp3) is 0.143. The first-order chi connectivity index (χ1) is 16.6. The Bertz CT molecular complexity index is 1200. The summed E-state index contributed by atoms with van der Waals surface area (Å²) in [6.07, 6.45) is 0. The lowest BCUT2D eigenvalue weighted by Gasteiger charge is -2.13. The summed E-state index contributed by atoms with van der Waals surface area (Å²) < 4.78 is 10.9. The average Bonchev–Trinajstić information content (AvgIpc) is 2.86. The molecule has 0 aromatic heterocycles. The van der Waals surface area contributed by atoms with Crippen LogP contribution in [0.3, 0.4) is 0 Å². The third-order valence-electron chi connectivity index (χ3n) is 5.27. The van der Waals surface area contributed by atoms with Gasteiger partial charge in [0, 0.05) is 33.3 Å². The molecule has 0 saturated carbocycles. The highest BCUT2D eigenvalue weighted by Gasteiger charge is 2.12. The number of ether oxygens (including phenoxy) is 2. The molecule has 6 nitrogen and oxygen atoms in total.